The summed E-state index contributed by atoms with van der Waals surface area (Å²) in [6, 6.07) is 10.4. The van der Waals surface area contributed by atoms with Gasteiger partial charge >= 0.3 is 0 Å². The first-order valence-corrected chi connectivity index (χ1v) is 9.15. The van der Waals surface area contributed by atoms with E-state index in [0.29, 0.717) is 28.3 Å². The lowest BCUT2D eigenvalue weighted by Crippen LogP contribution is -2.45. The molecule has 0 spiro atoms. The Labute approximate surface area is 167 Å². The third-order valence-electron chi connectivity index (χ3n) is 5.16. The largest absolute Gasteiger partial charge is 0.479 e. The van der Waals surface area contributed by atoms with Crippen LogP contribution in [0.4, 0.5) is 11.4 Å². The van der Waals surface area contributed by atoms with Gasteiger partial charge in [0.05, 0.1) is 16.8 Å². The van der Waals surface area contributed by atoms with Gasteiger partial charge in [0, 0.05) is 18.8 Å². The number of fused-ring (bicyclic) bond motifs is 2. The lowest BCUT2D eigenvalue weighted by molar-refractivity contribution is -0.125. The Morgan fingerprint density at radius 1 is 1.07 bits per heavy atom. The van der Waals surface area contributed by atoms with Crippen molar-refractivity contribution in [2.45, 2.75) is 26.0 Å². The van der Waals surface area contributed by atoms with Gasteiger partial charge in [0.25, 0.3) is 17.7 Å². The molecule has 0 radical (unpaired) electrons. The van der Waals surface area contributed by atoms with Gasteiger partial charge in [-0.15, -0.1) is 0 Å². The highest BCUT2D eigenvalue weighted by atomic mass is 16.5. The number of hydrogen-bond donors (Lipinski definition) is 1. The van der Waals surface area contributed by atoms with Crippen LogP contribution in [0.3, 0.4) is 0 Å². The Morgan fingerprint density at radius 3 is 2.31 bits per heavy atom. The first-order valence-electron chi connectivity index (χ1n) is 9.15. The first kappa shape index (κ1) is 18.7. The zero-order chi connectivity index (χ0) is 20.9. The van der Waals surface area contributed by atoms with Gasteiger partial charge in [0.15, 0.2) is 6.10 Å². The molecule has 2 heterocycles. The van der Waals surface area contributed by atoms with Crippen LogP contribution in [0.5, 0.6) is 5.75 Å². The molecule has 2 aromatic rings. The van der Waals surface area contributed by atoms with E-state index in [1.807, 2.05) is 0 Å². The molecule has 0 saturated heterocycles. The second kappa shape index (κ2) is 6.73. The zero-order valence-corrected chi connectivity index (χ0v) is 16.1. The van der Waals surface area contributed by atoms with Crippen LogP contribution >= 0.6 is 0 Å². The van der Waals surface area contributed by atoms with Crippen molar-refractivity contribution in [2.24, 2.45) is 0 Å². The molecule has 1 N–H and O–H groups in total. The van der Waals surface area contributed by atoms with Crippen LogP contribution in [-0.4, -0.2) is 47.7 Å². The number of carbonyl (C=O) groups excluding carboxylic acids is 4. The van der Waals surface area contributed by atoms with Crippen molar-refractivity contribution in [2.75, 3.05) is 17.3 Å². The van der Waals surface area contributed by atoms with Gasteiger partial charge in [-0.2, -0.15) is 0 Å². The minimum absolute atomic E-state index is 0.159. The van der Waals surface area contributed by atoms with Gasteiger partial charge in [0.2, 0.25) is 5.91 Å². The predicted molar refractivity (Wildman–Crippen MR) is 105 cm³/mol. The summed E-state index contributed by atoms with van der Waals surface area (Å²) in [5.74, 6) is -1.18. The maximum atomic E-state index is 12.7. The third-order valence-corrected chi connectivity index (χ3v) is 5.16. The Hall–Kier alpha value is -3.68. The van der Waals surface area contributed by atoms with Crippen LogP contribution in [-0.2, 0) is 9.59 Å². The van der Waals surface area contributed by atoms with Gasteiger partial charge in [-0.3, -0.25) is 24.1 Å². The van der Waals surface area contributed by atoms with Gasteiger partial charge in [-0.05, 0) is 38.1 Å². The van der Waals surface area contributed by atoms with Crippen LogP contribution < -0.4 is 15.0 Å². The maximum Gasteiger partial charge on any atom is 0.267 e. The number of anilines is 2. The van der Waals surface area contributed by atoms with Crippen LogP contribution in [0.2, 0.25) is 0 Å². The maximum absolute atomic E-state index is 12.7. The first-order chi connectivity index (χ1) is 13.8. The minimum Gasteiger partial charge on any atom is -0.479 e. The molecule has 0 aliphatic carbocycles. The van der Waals surface area contributed by atoms with Gasteiger partial charge in [-0.25, -0.2) is 0 Å². The van der Waals surface area contributed by atoms with Crippen LogP contribution in [0.1, 0.15) is 34.6 Å². The van der Waals surface area contributed by atoms with Gasteiger partial charge in [-0.1, -0.05) is 12.1 Å². The number of hydrogen-bond acceptors (Lipinski definition) is 5. The normalized spacial score (nSPS) is 18.9. The Morgan fingerprint density at radius 2 is 1.69 bits per heavy atom. The van der Waals surface area contributed by atoms with Crippen molar-refractivity contribution in [1.82, 2.24) is 4.90 Å². The van der Waals surface area contributed by atoms with E-state index >= 15 is 0 Å². The molecule has 148 valence electrons. The molecule has 8 nitrogen and oxygen atoms in total. The van der Waals surface area contributed by atoms with E-state index in [-0.39, 0.29) is 5.91 Å². The number of carbonyl (C=O) groups is 4. The molecule has 2 aromatic carbocycles. The molecule has 29 heavy (non-hydrogen) atoms. The SMILES string of the molecule is CC1Oc2cc(NC(=O)C(C)N3C(=O)c4ccccc4C3=O)ccc2N(C)C1=O. The molecule has 0 aromatic heterocycles. The van der Waals surface area contributed by atoms with Crippen molar-refractivity contribution >= 4 is 35.0 Å². The average molecular weight is 393 g/mol. The van der Waals surface area contributed by atoms with Crippen molar-refractivity contribution in [3.63, 3.8) is 0 Å². The number of ether oxygens (including phenoxy) is 1. The smallest absolute Gasteiger partial charge is 0.267 e. The monoisotopic (exact) mass is 393 g/mol. The summed E-state index contributed by atoms with van der Waals surface area (Å²) in [7, 11) is 1.66. The minimum atomic E-state index is -0.998. The summed E-state index contributed by atoms with van der Waals surface area (Å²) in [4.78, 5) is 52.3. The Kier molecular flexibility index (Phi) is 4.34. The van der Waals surface area contributed by atoms with Crippen molar-refractivity contribution in [1.29, 1.82) is 0 Å². The lowest BCUT2D eigenvalue weighted by Gasteiger charge is -2.30. The molecule has 2 aliphatic rings. The lowest BCUT2D eigenvalue weighted by atomic mass is 10.1. The highest BCUT2D eigenvalue weighted by Gasteiger charge is 2.40. The summed E-state index contributed by atoms with van der Waals surface area (Å²) < 4.78 is 5.61. The second-order valence-corrected chi connectivity index (χ2v) is 7.03. The van der Waals surface area contributed by atoms with Crippen molar-refractivity contribution in [3.8, 4) is 5.75 Å². The summed E-state index contributed by atoms with van der Waals surface area (Å²) in [6.45, 7) is 3.15. The fraction of sp³-hybridized carbons (Fsp3) is 0.238. The second-order valence-electron chi connectivity index (χ2n) is 7.03. The van der Waals surface area contributed by atoms with Gasteiger partial charge in [0.1, 0.15) is 11.8 Å². The summed E-state index contributed by atoms with van der Waals surface area (Å²) >= 11 is 0. The number of nitrogens with one attached hydrogen (secondary N) is 1. The average Bonchev–Trinajstić information content (AvgIpc) is 2.96. The fourth-order valence-electron chi connectivity index (χ4n) is 3.52. The predicted octanol–water partition coefficient (Wildman–Crippen LogP) is 2.05. The number of nitrogens with zero attached hydrogens (tertiary/aromatic N) is 2. The van der Waals surface area contributed by atoms with Crippen molar-refractivity contribution < 1.29 is 23.9 Å². The summed E-state index contributed by atoms with van der Waals surface area (Å²) in [5.41, 5.74) is 1.62. The van der Waals surface area contributed by atoms with Gasteiger partial charge < -0.3 is 15.0 Å². The van der Waals surface area contributed by atoms with E-state index in [1.165, 1.54) is 11.8 Å². The molecule has 4 amide bonds. The number of benzene rings is 2. The standard InChI is InChI=1S/C21H19N3O5/c1-11(24-20(27)14-6-4-5-7-15(14)21(24)28)18(25)22-13-8-9-16-17(10-13)29-12(2)19(26)23(16)3/h4-12H,1-3H3,(H,22,25). The Balaban J connectivity index is 1.53. The fourth-order valence-corrected chi connectivity index (χ4v) is 3.52. The number of amides is 4. The summed E-state index contributed by atoms with van der Waals surface area (Å²) in [6.07, 6.45) is -0.629. The molecule has 0 fully saturated rings. The molecule has 4 rings (SSSR count). The van der Waals surface area contributed by atoms with E-state index in [1.54, 1.807) is 56.4 Å². The number of rotatable bonds is 3. The molecule has 2 atom stereocenters. The molecule has 8 heteroatoms. The van der Waals surface area contributed by atoms with E-state index in [2.05, 4.69) is 5.32 Å². The molecular formula is C21H19N3O5. The van der Waals surface area contributed by atoms with E-state index < -0.39 is 29.9 Å². The van der Waals surface area contributed by atoms with E-state index in [0.717, 1.165) is 4.90 Å². The van der Waals surface area contributed by atoms with Crippen LogP contribution in [0.25, 0.3) is 0 Å². The number of likely N-dealkylation sites (N-methyl/N-ethyl adjacent to an activating group) is 1. The van der Waals surface area contributed by atoms with E-state index in [4.69, 9.17) is 4.74 Å². The topological polar surface area (TPSA) is 96.0 Å². The van der Waals surface area contributed by atoms with Crippen molar-refractivity contribution in [3.05, 3.63) is 53.6 Å². The zero-order valence-electron chi connectivity index (χ0n) is 16.1. The number of imide groups is 1. The molecule has 0 bridgehead atoms. The van der Waals surface area contributed by atoms with E-state index in [9.17, 15) is 19.2 Å². The highest BCUT2D eigenvalue weighted by Crippen LogP contribution is 2.35. The Bertz CT molecular complexity index is 1030. The third kappa shape index (κ3) is 2.93. The molecule has 2 unspecified atom stereocenters. The quantitative estimate of drug-likeness (QED) is 0.806. The van der Waals surface area contributed by atoms with Crippen LogP contribution in [0.15, 0.2) is 42.5 Å². The van der Waals surface area contributed by atoms with Crippen LogP contribution in [0, 0.1) is 0 Å². The molecule has 2 aliphatic heterocycles. The highest BCUT2D eigenvalue weighted by molar-refractivity contribution is 6.23. The summed E-state index contributed by atoms with van der Waals surface area (Å²) in [5, 5.41) is 2.71. The molecule has 0 saturated carbocycles. The molecular weight excluding hydrogens is 374 g/mol.